The van der Waals surface area contributed by atoms with Crippen molar-refractivity contribution in [1.29, 1.82) is 0 Å². The van der Waals surface area contributed by atoms with Crippen molar-refractivity contribution in [2.45, 2.75) is 30.1 Å². The number of sulfone groups is 1. The lowest BCUT2D eigenvalue weighted by molar-refractivity contribution is 0.0799. The lowest BCUT2D eigenvalue weighted by atomic mass is 10.0. The van der Waals surface area contributed by atoms with Crippen molar-refractivity contribution in [3.63, 3.8) is 0 Å². The summed E-state index contributed by atoms with van der Waals surface area (Å²) >= 11 is 3.09. The van der Waals surface area contributed by atoms with Crippen molar-refractivity contribution >= 4 is 31.6 Å². The molecule has 26 heavy (non-hydrogen) atoms. The Bertz CT molecular complexity index is 954. The average Bonchev–Trinajstić information content (AvgIpc) is 3.28. The third kappa shape index (κ3) is 3.80. The molecule has 1 aliphatic carbocycles. The molecule has 0 atom stereocenters. The van der Waals surface area contributed by atoms with Gasteiger partial charge in [0.15, 0.2) is 27.1 Å². The van der Waals surface area contributed by atoms with Crippen LogP contribution in [-0.4, -0.2) is 38.6 Å². The molecule has 0 spiro atoms. The number of hydrogen-bond acceptors (Lipinski definition) is 6. The SMILES string of the molecule is CS(=O)(=O)c1c(C(=O)c2cnoc2C2CC2)ccc(Br)c1OCC(F)F. The summed E-state index contributed by atoms with van der Waals surface area (Å²) in [6.07, 6.45) is 1.04. The van der Waals surface area contributed by atoms with Crippen molar-refractivity contribution < 1.29 is 31.3 Å². The van der Waals surface area contributed by atoms with E-state index in [1.807, 2.05) is 0 Å². The van der Waals surface area contributed by atoms with Gasteiger partial charge in [0.05, 0.1) is 16.2 Å². The van der Waals surface area contributed by atoms with E-state index in [9.17, 15) is 22.0 Å². The second kappa shape index (κ2) is 7.07. The van der Waals surface area contributed by atoms with Gasteiger partial charge in [-0.15, -0.1) is 0 Å². The fraction of sp³-hybridized carbons (Fsp3) is 0.375. The zero-order valence-corrected chi connectivity index (χ0v) is 15.9. The Balaban J connectivity index is 2.13. The number of nitrogens with zero attached hydrogens (tertiary/aromatic N) is 1. The molecule has 0 aliphatic heterocycles. The number of rotatable bonds is 7. The van der Waals surface area contributed by atoms with E-state index < -0.39 is 33.5 Å². The van der Waals surface area contributed by atoms with Crippen molar-refractivity contribution in [3.05, 3.63) is 39.7 Å². The van der Waals surface area contributed by atoms with Gasteiger partial charge < -0.3 is 9.26 Å². The first-order valence-electron chi connectivity index (χ1n) is 7.63. The molecule has 0 amide bonds. The number of carbonyl (C=O) groups is 1. The van der Waals surface area contributed by atoms with Crippen molar-refractivity contribution in [1.82, 2.24) is 5.16 Å². The molecular weight excluding hydrogens is 436 g/mol. The van der Waals surface area contributed by atoms with Gasteiger partial charge in [0.2, 0.25) is 0 Å². The Morgan fingerprint density at radius 1 is 1.38 bits per heavy atom. The summed E-state index contributed by atoms with van der Waals surface area (Å²) in [5.74, 6) is -0.429. The number of hydrogen-bond donors (Lipinski definition) is 0. The Kier molecular flexibility index (Phi) is 5.16. The van der Waals surface area contributed by atoms with E-state index in [1.54, 1.807) is 0 Å². The molecule has 1 heterocycles. The number of ketones is 1. The van der Waals surface area contributed by atoms with E-state index >= 15 is 0 Å². The first kappa shape index (κ1) is 19.0. The fourth-order valence-corrected chi connectivity index (χ4v) is 4.21. The molecule has 1 aliphatic rings. The first-order chi connectivity index (χ1) is 12.2. The maximum Gasteiger partial charge on any atom is 0.272 e. The molecule has 0 unspecified atom stereocenters. The summed E-state index contributed by atoms with van der Waals surface area (Å²) in [6, 6.07) is 2.69. The topological polar surface area (TPSA) is 86.5 Å². The van der Waals surface area contributed by atoms with Gasteiger partial charge in [0.25, 0.3) is 6.43 Å². The Morgan fingerprint density at radius 3 is 2.65 bits per heavy atom. The Hall–Kier alpha value is -1.81. The monoisotopic (exact) mass is 449 g/mol. The molecule has 2 aromatic rings. The normalized spacial score (nSPS) is 14.7. The fourth-order valence-electron chi connectivity index (χ4n) is 2.57. The number of ether oxygens (including phenoxy) is 1. The number of carbonyl (C=O) groups excluding carboxylic acids is 1. The van der Waals surface area contributed by atoms with Gasteiger partial charge in [0, 0.05) is 17.7 Å². The van der Waals surface area contributed by atoms with E-state index in [0.29, 0.717) is 5.76 Å². The summed E-state index contributed by atoms with van der Waals surface area (Å²) in [5.41, 5.74) is -0.00963. The van der Waals surface area contributed by atoms with E-state index in [-0.39, 0.29) is 27.3 Å². The summed E-state index contributed by atoms with van der Waals surface area (Å²) in [6.45, 7) is -1.00. The molecule has 3 rings (SSSR count). The molecule has 0 N–H and O–H groups in total. The highest BCUT2D eigenvalue weighted by Gasteiger charge is 2.35. The van der Waals surface area contributed by atoms with Crippen LogP contribution in [0.25, 0.3) is 0 Å². The first-order valence-corrected chi connectivity index (χ1v) is 10.3. The van der Waals surface area contributed by atoms with E-state index in [0.717, 1.165) is 19.1 Å². The van der Waals surface area contributed by atoms with Crippen LogP contribution in [-0.2, 0) is 9.84 Å². The molecule has 6 nitrogen and oxygen atoms in total. The smallest absolute Gasteiger partial charge is 0.272 e. The second-order valence-corrected chi connectivity index (χ2v) is 8.74. The third-order valence-corrected chi connectivity index (χ3v) is 5.60. The molecule has 1 saturated carbocycles. The summed E-state index contributed by atoms with van der Waals surface area (Å²) < 4.78 is 59.9. The minimum absolute atomic E-state index is 0.0862. The summed E-state index contributed by atoms with van der Waals surface area (Å²) in [4.78, 5) is 12.5. The lowest BCUT2D eigenvalue weighted by Gasteiger charge is -2.15. The average molecular weight is 450 g/mol. The minimum Gasteiger partial charge on any atom is -0.485 e. The zero-order chi connectivity index (χ0) is 19.1. The zero-order valence-electron chi connectivity index (χ0n) is 13.5. The van der Waals surface area contributed by atoms with Gasteiger partial charge in [-0.3, -0.25) is 4.79 Å². The molecule has 1 aromatic heterocycles. The number of halogens is 3. The van der Waals surface area contributed by atoms with Crippen LogP contribution in [0.3, 0.4) is 0 Å². The Labute approximate surface area is 156 Å². The molecule has 140 valence electrons. The largest absolute Gasteiger partial charge is 0.485 e. The minimum atomic E-state index is -3.96. The number of aromatic nitrogens is 1. The van der Waals surface area contributed by atoms with Crippen molar-refractivity contribution in [3.8, 4) is 5.75 Å². The van der Waals surface area contributed by atoms with Crippen molar-refractivity contribution in [2.75, 3.05) is 12.9 Å². The number of benzene rings is 1. The highest BCUT2D eigenvalue weighted by Crippen LogP contribution is 2.43. The van der Waals surface area contributed by atoms with Gasteiger partial charge in [0.1, 0.15) is 11.5 Å². The van der Waals surface area contributed by atoms with E-state index in [1.165, 1.54) is 18.3 Å². The van der Waals surface area contributed by atoms with Crippen LogP contribution in [0.2, 0.25) is 0 Å². The molecule has 10 heteroatoms. The highest BCUT2D eigenvalue weighted by molar-refractivity contribution is 9.10. The van der Waals surface area contributed by atoms with E-state index in [4.69, 9.17) is 9.26 Å². The van der Waals surface area contributed by atoms with Gasteiger partial charge in [-0.2, -0.15) is 0 Å². The van der Waals surface area contributed by atoms with Gasteiger partial charge in [-0.05, 0) is 40.9 Å². The van der Waals surface area contributed by atoms with Crippen LogP contribution >= 0.6 is 15.9 Å². The molecule has 0 saturated heterocycles. The van der Waals surface area contributed by atoms with Crippen LogP contribution < -0.4 is 4.74 Å². The van der Waals surface area contributed by atoms with Gasteiger partial charge in [-0.1, -0.05) is 5.16 Å². The predicted molar refractivity (Wildman–Crippen MR) is 90.7 cm³/mol. The molecule has 0 bridgehead atoms. The quantitative estimate of drug-likeness (QED) is 0.600. The van der Waals surface area contributed by atoms with Crippen LogP contribution in [0.5, 0.6) is 5.75 Å². The summed E-state index contributed by atoms with van der Waals surface area (Å²) in [7, 11) is -3.96. The maximum atomic E-state index is 12.9. The lowest BCUT2D eigenvalue weighted by Crippen LogP contribution is -2.15. The van der Waals surface area contributed by atoms with E-state index in [2.05, 4.69) is 21.1 Å². The van der Waals surface area contributed by atoms with Gasteiger partial charge >= 0.3 is 0 Å². The molecule has 1 fully saturated rings. The third-order valence-electron chi connectivity index (χ3n) is 3.82. The predicted octanol–water partition coefficient (Wildman–Crippen LogP) is 3.59. The summed E-state index contributed by atoms with van der Waals surface area (Å²) in [5, 5.41) is 3.64. The van der Waals surface area contributed by atoms with Crippen LogP contribution in [0, 0.1) is 0 Å². The standard InChI is InChI=1S/C16H14BrF2NO5S/c1-26(22,23)16-9(4-5-11(17)15(16)24-7-12(18)19)13(21)10-6-20-25-14(10)8-2-3-8/h4-6,8,12H,2-3,7H2,1H3. The van der Waals surface area contributed by atoms with Crippen LogP contribution in [0.15, 0.2) is 32.2 Å². The van der Waals surface area contributed by atoms with Crippen LogP contribution in [0.4, 0.5) is 8.78 Å². The highest BCUT2D eigenvalue weighted by atomic mass is 79.9. The molecule has 0 radical (unpaired) electrons. The van der Waals surface area contributed by atoms with Gasteiger partial charge in [-0.25, -0.2) is 17.2 Å². The Morgan fingerprint density at radius 2 is 2.08 bits per heavy atom. The number of alkyl halides is 2. The maximum absolute atomic E-state index is 12.9. The molecule has 1 aromatic carbocycles. The second-order valence-electron chi connectivity index (χ2n) is 5.93. The van der Waals surface area contributed by atoms with Crippen molar-refractivity contribution in [2.24, 2.45) is 0 Å². The van der Waals surface area contributed by atoms with Crippen LogP contribution in [0.1, 0.15) is 40.4 Å². The molecular formula is C16H14BrF2NO5S.